The first kappa shape index (κ1) is 16.0. The van der Waals surface area contributed by atoms with E-state index >= 15 is 0 Å². The summed E-state index contributed by atoms with van der Waals surface area (Å²) in [4.78, 5) is 15.6. The second kappa shape index (κ2) is 7.16. The normalized spacial score (nSPS) is 22.7. The van der Waals surface area contributed by atoms with E-state index in [2.05, 4.69) is 10.00 Å². The van der Waals surface area contributed by atoms with Crippen molar-refractivity contribution in [3.63, 3.8) is 0 Å². The summed E-state index contributed by atoms with van der Waals surface area (Å²) in [5.41, 5.74) is 0.586. The number of nitrogens with zero attached hydrogens (tertiary/aromatic N) is 3. The van der Waals surface area contributed by atoms with Crippen LogP contribution in [0.4, 0.5) is 0 Å². The maximum Gasteiger partial charge on any atom is 0.274 e. The van der Waals surface area contributed by atoms with Gasteiger partial charge < -0.3 is 9.64 Å². The van der Waals surface area contributed by atoms with Crippen LogP contribution in [0.25, 0.3) is 0 Å². The van der Waals surface area contributed by atoms with Crippen LogP contribution in [0, 0.1) is 0 Å². The summed E-state index contributed by atoms with van der Waals surface area (Å²) in [7, 11) is 0. The van der Waals surface area contributed by atoms with Gasteiger partial charge in [0.1, 0.15) is 0 Å². The standard InChI is InChI=1S/C19H29N3O2/c23-19(17-14-18-21(20-17)12-7-13-24-18)22(15-8-3-1-4-9-15)16-10-5-2-6-11-16/h14-16H,1-13H2. The Hall–Kier alpha value is -1.52. The van der Waals surface area contributed by atoms with Crippen LogP contribution in [-0.4, -0.2) is 39.3 Å². The minimum Gasteiger partial charge on any atom is -0.478 e. The van der Waals surface area contributed by atoms with E-state index in [1.54, 1.807) is 0 Å². The lowest BCUT2D eigenvalue weighted by Gasteiger charge is -2.41. The highest BCUT2D eigenvalue weighted by atomic mass is 16.5. The van der Waals surface area contributed by atoms with Crippen molar-refractivity contribution in [2.45, 2.75) is 89.3 Å². The molecule has 2 heterocycles. The zero-order valence-electron chi connectivity index (χ0n) is 14.6. The smallest absolute Gasteiger partial charge is 0.274 e. The van der Waals surface area contributed by atoms with Crippen molar-refractivity contribution in [3.05, 3.63) is 11.8 Å². The average molecular weight is 331 g/mol. The van der Waals surface area contributed by atoms with Crippen LogP contribution in [0.3, 0.4) is 0 Å². The van der Waals surface area contributed by atoms with E-state index in [0.717, 1.165) is 51.1 Å². The Bertz CT molecular complexity index is 530. The Kier molecular flexibility index (Phi) is 4.76. The van der Waals surface area contributed by atoms with E-state index < -0.39 is 0 Å². The van der Waals surface area contributed by atoms with Crippen molar-refractivity contribution in [2.24, 2.45) is 0 Å². The van der Waals surface area contributed by atoms with Gasteiger partial charge >= 0.3 is 0 Å². The van der Waals surface area contributed by atoms with Crippen molar-refractivity contribution in [1.82, 2.24) is 14.7 Å². The molecule has 2 aliphatic carbocycles. The van der Waals surface area contributed by atoms with Gasteiger partial charge in [0.25, 0.3) is 5.91 Å². The van der Waals surface area contributed by atoms with Gasteiger partial charge in [0, 0.05) is 31.1 Å². The monoisotopic (exact) mass is 331 g/mol. The SMILES string of the molecule is O=C(c1cc2n(n1)CCCO2)N(C1CCCCC1)C1CCCCC1. The van der Waals surface area contributed by atoms with Crippen LogP contribution in [0.2, 0.25) is 0 Å². The molecule has 0 radical (unpaired) electrons. The number of carbonyl (C=O) groups excluding carboxylic acids is 1. The number of aryl methyl sites for hydroxylation is 1. The van der Waals surface area contributed by atoms with Crippen LogP contribution >= 0.6 is 0 Å². The van der Waals surface area contributed by atoms with Gasteiger partial charge in [0.2, 0.25) is 5.88 Å². The predicted molar refractivity (Wildman–Crippen MR) is 92.3 cm³/mol. The summed E-state index contributed by atoms with van der Waals surface area (Å²) in [5, 5.41) is 4.56. The maximum absolute atomic E-state index is 13.4. The highest BCUT2D eigenvalue weighted by Crippen LogP contribution is 2.32. The highest BCUT2D eigenvalue weighted by Gasteiger charge is 2.34. The Morgan fingerprint density at radius 3 is 2.21 bits per heavy atom. The van der Waals surface area contributed by atoms with Gasteiger partial charge in [-0.2, -0.15) is 5.10 Å². The number of rotatable bonds is 3. The molecule has 0 bridgehead atoms. The molecule has 1 aromatic rings. The minimum atomic E-state index is 0.138. The van der Waals surface area contributed by atoms with E-state index in [1.165, 1.54) is 38.5 Å². The zero-order chi connectivity index (χ0) is 16.4. The second-order valence-electron chi connectivity index (χ2n) is 7.59. The summed E-state index contributed by atoms with van der Waals surface area (Å²) < 4.78 is 7.51. The minimum absolute atomic E-state index is 0.138. The van der Waals surface area contributed by atoms with Gasteiger partial charge in [0.05, 0.1) is 6.61 Å². The lowest BCUT2D eigenvalue weighted by molar-refractivity contribution is 0.0441. The van der Waals surface area contributed by atoms with E-state index in [0.29, 0.717) is 17.8 Å². The number of hydrogen-bond acceptors (Lipinski definition) is 3. The van der Waals surface area contributed by atoms with E-state index in [9.17, 15) is 4.79 Å². The highest BCUT2D eigenvalue weighted by molar-refractivity contribution is 5.93. The molecule has 0 saturated heterocycles. The third-order valence-corrected chi connectivity index (χ3v) is 5.90. The van der Waals surface area contributed by atoms with Crippen LogP contribution < -0.4 is 4.74 Å². The molecule has 5 heteroatoms. The molecule has 5 nitrogen and oxygen atoms in total. The fraction of sp³-hybridized carbons (Fsp3) is 0.789. The second-order valence-corrected chi connectivity index (χ2v) is 7.59. The molecule has 0 N–H and O–H groups in total. The van der Waals surface area contributed by atoms with Gasteiger partial charge in [0.15, 0.2) is 5.69 Å². The summed E-state index contributed by atoms with van der Waals surface area (Å²) >= 11 is 0. The van der Waals surface area contributed by atoms with Crippen LogP contribution in [0.5, 0.6) is 5.88 Å². The Balaban J connectivity index is 1.58. The van der Waals surface area contributed by atoms with E-state index in [1.807, 2.05) is 10.7 Å². The summed E-state index contributed by atoms with van der Waals surface area (Å²) in [6.07, 6.45) is 13.3. The van der Waals surface area contributed by atoms with Crippen molar-refractivity contribution < 1.29 is 9.53 Å². The fourth-order valence-corrected chi connectivity index (χ4v) is 4.65. The van der Waals surface area contributed by atoms with Gasteiger partial charge in [-0.25, -0.2) is 4.68 Å². The topological polar surface area (TPSA) is 47.4 Å². The number of hydrogen-bond donors (Lipinski definition) is 0. The number of aromatic nitrogens is 2. The maximum atomic E-state index is 13.4. The first-order chi connectivity index (χ1) is 11.8. The van der Waals surface area contributed by atoms with E-state index in [-0.39, 0.29) is 5.91 Å². The van der Waals surface area contributed by atoms with Crippen molar-refractivity contribution >= 4 is 5.91 Å². The molecule has 2 saturated carbocycles. The van der Waals surface area contributed by atoms with Crippen LogP contribution in [0.15, 0.2) is 6.07 Å². The van der Waals surface area contributed by atoms with E-state index in [4.69, 9.17) is 4.74 Å². The predicted octanol–water partition coefficient (Wildman–Crippen LogP) is 3.77. The largest absolute Gasteiger partial charge is 0.478 e. The van der Waals surface area contributed by atoms with Gasteiger partial charge in [-0.3, -0.25) is 4.79 Å². The Morgan fingerprint density at radius 2 is 1.62 bits per heavy atom. The van der Waals surface area contributed by atoms with Gasteiger partial charge in [-0.05, 0) is 25.7 Å². The fourth-order valence-electron chi connectivity index (χ4n) is 4.65. The molecule has 132 valence electrons. The number of carbonyl (C=O) groups is 1. The van der Waals surface area contributed by atoms with Gasteiger partial charge in [-0.1, -0.05) is 38.5 Å². The third-order valence-electron chi connectivity index (χ3n) is 5.90. The first-order valence-electron chi connectivity index (χ1n) is 9.86. The lowest BCUT2D eigenvalue weighted by Crippen LogP contribution is -2.49. The zero-order valence-corrected chi connectivity index (χ0v) is 14.6. The van der Waals surface area contributed by atoms with Crippen molar-refractivity contribution in [2.75, 3.05) is 6.61 Å². The average Bonchev–Trinajstić information content (AvgIpc) is 3.08. The summed E-state index contributed by atoms with van der Waals surface area (Å²) in [5.74, 6) is 0.899. The summed E-state index contributed by atoms with van der Waals surface area (Å²) in [6, 6.07) is 2.68. The molecule has 1 aliphatic heterocycles. The van der Waals surface area contributed by atoms with Crippen LogP contribution in [-0.2, 0) is 6.54 Å². The Labute approximate surface area is 144 Å². The molecule has 1 aromatic heterocycles. The number of amides is 1. The molecule has 0 unspecified atom stereocenters. The molecule has 1 amide bonds. The lowest BCUT2D eigenvalue weighted by atomic mass is 9.88. The molecular weight excluding hydrogens is 302 g/mol. The molecule has 2 fully saturated rings. The van der Waals surface area contributed by atoms with Crippen molar-refractivity contribution in [3.8, 4) is 5.88 Å². The number of fused-ring (bicyclic) bond motifs is 1. The third kappa shape index (κ3) is 3.17. The van der Waals surface area contributed by atoms with Crippen molar-refractivity contribution in [1.29, 1.82) is 0 Å². The quantitative estimate of drug-likeness (QED) is 0.847. The first-order valence-corrected chi connectivity index (χ1v) is 9.86. The molecule has 0 aromatic carbocycles. The summed E-state index contributed by atoms with van der Waals surface area (Å²) in [6.45, 7) is 1.59. The molecule has 24 heavy (non-hydrogen) atoms. The molecule has 0 spiro atoms. The molecular formula is C19H29N3O2. The Morgan fingerprint density at radius 1 is 1.00 bits per heavy atom. The molecule has 0 atom stereocenters. The molecule has 3 aliphatic rings. The number of ether oxygens (including phenoxy) is 1. The van der Waals surface area contributed by atoms with Gasteiger partial charge in [-0.15, -0.1) is 0 Å². The molecule has 4 rings (SSSR count). The van der Waals surface area contributed by atoms with Crippen LogP contribution in [0.1, 0.15) is 81.1 Å².